The van der Waals surface area contributed by atoms with Gasteiger partial charge < -0.3 is 4.74 Å². The molecule has 0 aliphatic heterocycles. The Morgan fingerprint density at radius 1 is 1.27 bits per heavy atom. The minimum absolute atomic E-state index is 0.310. The Morgan fingerprint density at radius 3 is 2.60 bits per heavy atom. The zero-order valence-corrected chi connectivity index (χ0v) is 7.49. The molecule has 0 bridgehead atoms. The van der Waals surface area contributed by atoms with Gasteiger partial charge in [0.1, 0.15) is 12.0 Å². The first-order chi connectivity index (χ1) is 7.01. The number of hydrogen-bond acceptors (Lipinski definition) is 2. The monoisotopic (exact) mass is 216 g/mol. The zero-order valence-electron chi connectivity index (χ0n) is 7.49. The lowest BCUT2D eigenvalue weighted by Crippen LogP contribution is -2.17. The fraction of sp³-hybridized carbons (Fsp3) is 0.100. The highest BCUT2D eigenvalue weighted by Gasteiger charge is 2.30. The molecule has 1 rings (SSSR count). The SMILES string of the molecule is O=CC=Cc1cccc(OC(F)(F)F)c1. The van der Waals surface area contributed by atoms with E-state index in [0.29, 0.717) is 11.8 Å². The number of benzene rings is 1. The lowest BCUT2D eigenvalue weighted by Gasteiger charge is -2.08. The first-order valence-corrected chi connectivity index (χ1v) is 3.99. The van der Waals surface area contributed by atoms with Crippen LogP contribution in [0.4, 0.5) is 13.2 Å². The molecule has 0 saturated carbocycles. The molecule has 0 radical (unpaired) electrons. The van der Waals surface area contributed by atoms with E-state index >= 15 is 0 Å². The number of carbonyl (C=O) groups is 1. The minimum Gasteiger partial charge on any atom is -0.406 e. The van der Waals surface area contributed by atoms with Crippen molar-refractivity contribution < 1.29 is 22.7 Å². The van der Waals surface area contributed by atoms with Crippen LogP contribution in [0.15, 0.2) is 30.3 Å². The molecule has 0 fully saturated rings. The van der Waals surface area contributed by atoms with Crippen LogP contribution in [0.1, 0.15) is 5.56 Å². The number of alkyl halides is 3. The van der Waals surface area contributed by atoms with E-state index in [0.717, 1.165) is 0 Å². The molecule has 0 heterocycles. The topological polar surface area (TPSA) is 26.3 Å². The summed E-state index contributed by atoms with van der Waals surface area (Å²) in [4.78, 5) is 9.99. The van der Waals surface area contributed by atoms with Gasteiger partial charge in [0, 0.05) is 0 Å². The molecule has 0 aromatic heterocycles. The van der Waals surface area contributed by atoms with Gasteiger partial charge in [0.15, 0.2) is 0 Å². The van der Waals surface area contributed by atoms with Crippen LogP contribution in [-0.4, -0.2) is 12.6 Å². The summed E-state index contributed by atoms with van der Waals surface area (Å²) in [5.74, 6) is -0.310. The average molecular weight is 216 g/mol. The van der Waals surface area contributed by atoms with Crippen molar-refractivity contribution in [2.45, 2.75) is 6.36 Å². The fourth-order valence-electron chi connectivity index (χ4n) is 0.966. The molecule has 0 atom stereocenters. The third-order valence-corrected chi connectivity index (χ3v) is 1.46. The predicted octanol–water partition coefficient (Wildman–Crippen LogP) is 2.80. The summed E-state index contributed by atoms with van der Waals surface area (Å²) in [6.07, 6.45) is -1.59. The summed E-state index contributed by atoms with van der Waals surface area (Å²) in [5, 5.41) is 0. The number of ether oxygens (including phenoxy) is 1. The number of halogens is 3. The van der Waals surface area contributed by atoms with Crippen LogP contribution in [-0.2, 0) is 4.79 Å². The summed E-state index contributed by atoms with van der Waals surface area (Å²) in [6.45, 7) is 0. The van der Waals surface area contributed by atoms with Gasteiger partial charge in [-0.15, -0.1) is 13.2 Å². The van der Waals surface area contributed by atoms with Gasteiger partial charge >= 0.3 is 6.36 Å². The van der Waals surface area contributed by atoms with E-state index < -0.39 is 6.36 Å². The summed E-state index contributed by atoms with van der Waals surface area (Å²) in [7, 11) is 0. The molecule has 0 unspecified atom stereocenters. The Balaban J connectivity index is 2.83. The Kier molecular flexibility index (Phi) is 3.49. The van der Waals surface area contributed by atoms with Gasteiger partial charge in [-0.1, -0.05) is 18.2 Å². The van der Waals surface area contributed by atoms with Gasteiger partial charge in [0.2, 0.25) is 0 Å². The van der Waals surface area contributed by atoms with Crippen molar-refractivity contribution in [3.05, 3.63) is 35.9 Å². The van der Waals surface area contributed by atoms with Gasteiger partial charge in [-0.2, -0.15) is 0 Å². The summed E-state index contributed by atoms with van der Waals surface area (Å²) in [6, 6.07) is 5.34. The van der Waals surface area contributed by atoms with Gasteiger partial charge in [0.05, 0.1) is 0 Å². The van der Waals surface area contributed by atoms with Crippen LogP contribution in [0.25, 0.3) is 6.08 Å². The Bertz CT molecular complexity index is 369. The van der Waals surface area contributed by atoms with Crippen molar-refractivity contribution >= 4 is 12.4 Å². The average Bonchev–Trinajstić information content (AvgIpc) is 2.12. The number of hydrogen-bond donors (Lipinski definition) is 0. The lowest BCUT2D eigenvalue weighted by atomic mass is 10.2. The third-order valence-electron chi connectivity index (χ3n) is 1.46. The minimum atomic E-state index is -4.70. The summed E-state index contributed by atoms with van der Waals surface area (Å²) >= 11 is 0. The molecule has 0 aliphatic carbocycles. The van der Waals surface area contributed by atoms with E-state index in [2.05, 4.69) is 4.74 Å². The van der Waals surface area contributed by atoms with Crippen molar-refractivity contribution in [2.24, 2.45) is 0 Å². The smallest absolute Gasteiger partial charge is 0.406 e. The second kappa shape index (κ2) is 4.63. The van der Waals surface area contributed by atoms with Gasteiger partial charge in [0.25, 0.3) is 0 Å². The van der Waals surface area contributed by atoms with Gasteiger partial charge in [-0.3, -0.25) is 4.79 Å². The summed E-state index contributed by atoms with van der Waals surface area (Å²) < 4.78 is 39.2. The molecule has 1 aromatic carbocycles. The first-order valence-electron chi connectivity index (χ1n) is 3.99. The third kappa shape index (κ3) is 4.30. The van der Waals surface area contributed by atoms with E-state index in [4.69, 9.17) is 0 Å². The van der Waals surface area contributed by atoms with Crippen molar-refractivity contribution in [1.82, 2.24) is 0 Å². The fourth-order valence-corrected chi connectivity index (χ4v) is 0.966. The lowest BCUT2D eigenvalue weighted by molar-refractivity contribution is -0.274. The highest BCUT2D eigenvalue weighted by atomic mass is 19.4. The molecule has 1 aromatic rings. The second-order valence-corrected chi connectivity index (χ2v) is 2.62. The maximum absolute atomic E-state index is 11.8. The molecular weight excluding hydrogens is 209 g/mol. The molecule has 0 saturated heterocycles. The number of carbonyl (C=O) groups excluding carboxylic acids is 1. The van der Waals surface area contributed by atoms with Crippen LogP contribution in [0.2, 0.25) is 0 Å². The molecule has 15 heavy (non-hydrogen) atoms. The zero-order chi connectivity index (χ0) is 11.3. The second-order valence-electron chi connectivity index (χ2n) is 2.62. The molecule has 0 spiro atoms. The number of allylic oxidation sites excluding steroid dienone is 1. The van der Waals surface area contributed by atoms with E-state index in [9.17, 15) is 18.0 Å². The van der Waals surface area contributed by atoms with Crippen molar-refractivity contribution in [3.63, 3.8) is 0 Å². The van der Waals surface area contributed by atoms with E-state index in [1.165, 1.54) is 30.4 Å². The predicted molar refractivity (Wildman–Crippen MR) is 48.2 cm³/mol. The van der Waals surface area contributed by atoms with Crippen LogP contribution in [0, 0.1) is 0 Å². The van der Waals surface area contributed by atoms with E-state index in [1.54, 1.807) is 6.07 Å². The molecule has 0 amide bonds. The molecule has 0 aliphatic rings. The van der Waals surface area contributed by atoms with E-state index in [-0.39, 0.29) is 5.75 Å². The van der Waals surface area contributed by atoms with Crippen LogP contribution >= 0.6 is 0 Å². The Hall–Kier alpha value is -1.78. The first kappa shape index (κ1) is 11.3. The quantitative estimate of drug-likeness (QED) is 0.573. The van der Waals surface area contributed by atoms with Crippen LogP contribution in [0.5, 0.6) is 5.75 Å². The van der Waals surface area contributed by atoms with Crippen molar-refractivity contribution in [2.75, 3.05) is 0 Å². The number of rotatable bonds is 3. The largest absolute Gasteiger partial charge is 0.573 e. The Morgan fingerprint density at radius 2 is 2.00 bits per heavy atom. The number of aldehydes is 1. The molecule has 80 valence electrons. The molecule has 5 heteroatoms. The van der Waals surface area contributed by atoms with Crippen LogP contribution < -0.4 is 4.74 Å². The van der Waals surface area contributed by atoms with Gasteiger partial charge in [-0.25, -0.2) is 0 Å². The molecule has 0 N–H and O–H groups in total. The van der Waals surface area contributed by atoms with Crippen molar-refractivity contribution in [3.8, 4) is 5.75 Å². The normalized spacial score (nSPS) is 11.7. The highest BCUT2D eigenvalue weighted by molar-refractivity contribution is 5.74. The molecular formula is C10H7F3O2. The summed E-state index contributed by atoms with van der Waals surface area (Å²) in [5.41, 5.74) is 0.462. The standard InChI is InChI=1S/C10H7F3O2/c11-10(12,13)15-9-5-1-3-8(7-9)4-2-6-14/h1-7H. The van der Waals surface area contributed by atoms with Crippen molar-refractivity contribution in [1.29, 1.82) is 0 Å². The molecule has 2 nitrogen and oxygen atoms in total. The maximum Gasteiger partial charge on any atom is 0.573 e. The van der Waals surface area contributed by atoms with Crippen LogP contribution in [0.3, 0.4) is 0 Å². The van der Waals surface area contributed by atoms with Gasteiger partial charge in [-0.05, 0) is 23.8 Å². The Labute approximate surface area is 84.0 Å². The maximum atomic E-state index is 11.8. The van der Waals surface area contributed by atoms with E-state index in [1.807, 2.05) is 0 Å². The highest BCUT2D eigenvalue weighted by Crippen LogP contribution is 2.23.